The molecule has 0 aliphatic rings. The molecule has 0 radical (unpaired) electrons. The smallest absolute Gasteiger partial charge is 0.367 e. The van der Waals surface area contributed by atoms with Crippen LogP contribution in [0.5, 0.6) is 0 Å². The second-order valence-corrected chi connectivity index (χ2v) is 5.48. The summed E-state index contributed by atoms with van der Waals surface area (Å²) in [6.07, 6.45) is 0.0688. The molecular formula is C17H15F3N6O. The van der Waals surface area contributed by atoms with E-state index in [9.17, 15) is 18.0 Å². The highest BCUT2D eigenvalue weighted by Gasteiger charge is 2.32. The first-order valence-corrected chi connectivity index (χ1v) is 7.96. The Bertz CT molecular complexity index is 877. The molecule has 3 aromatic rings. The molecule has 0 saturated carbocycles. The quantitative estimate of drug-likeness (QED) is 0.646. The van der Waals surface area contributed by atoms with Crippen LogP contribution in [-0.2, 0) is 6.18 Å². The molecular weight excluding hydrogens is 361 g/mol. The van der Waals surface area contributed by atoms with E-state index in [0.29, 0.717) is 18.2 Å². The van der Waals surface area contributed by atoms with Crippen LogP contribution in [0.1, 0.15) is 16.1 Å². The van der Waals surface area contributed by atoms with Gasteiger partial charge in [-0.2, -0.15) is 13.2 Å². The SMILES string of the molecule is O=C(NCCNc1ccc(-n2cccc2)nn1)c1ccc(C(F)(F)F)nc1. The number of amides is 1. The van der Waals surface area contributed by atoms with Gasteiger partial charge in [-0.05, 0) is 36.4 Å². The van der Waals surface area contributed by atoms with E-state index < -0.39 is 17.8 Å². The molecule has 27 heavy (non-hydrogen) atoms. The molecule has 0 aromatic carbocycles. The summed E-state index contributed by atoms with van der Waals surface area (Å²) in [6.45, 7) is 0.623. The molecule has 10 heteroatoms. The van der Waals surface area contributed by atoms with Gasteiger partial charge in [0.2, 0.25) is 0 Å². The van der Waals surface area contributed by atoms with Crippen LogP contribution in [0.4, 0.5) is 19.0 Å². The highest BCUT2D eigenvalue weighted by Crippen LogP contribution is 2.27. The number of hydrogen-bond donors (Lipinski definition) is 2. The van der Waals surface area contributed by atoms with Gasteiger partial charge >= 0.3 is 6.18 Å². The zero-order chi connectivity index (χ0) is 19.3. The number of nitrogens with zero attached hydrogens (tertiary/aromatic N) is 4. The van der Waals surface area contributed by atoms with Gasteiger partial charge in [0.05, 0.1) is 5.56 Å². The van der Waals surface area contributed by atoms with Gasteiger partial charge in [-0.3, -0.25) is 9.78 Å². The average molecular weight is 376 g/mol. The van der Waals surface area contributed by atoms with Gasteiger partial charge in [0.1, 0.15) is 11.5 Å². The molecule has 0 saturated heterocycles. The number of rotatable bonds is 6. The number of hydrogen-bond acceptors (Lipinski definition) is 5. The maximum atomic E-state index is 12.5. The van der Waals surface area contributed by atoms with Crippen LogP contribution in [0.3, 0.4) is 0 Å². The van der Waals surface area contributed by atoms with E-state index in [1.165, 1.54) is 0 Å². The summed E-state index contributed by atoms with van der Waals surface area (Å²) in [4.78, 5) is 15.2. The Morgan fingerprint density at radius 1 is 1.04 bits per heavy atom. The second kappa shape index (κ2) is 7.85. The van der Waals surface area contributed by atoms with Crippen molar-refractivity contribution in [2.75, 3.05) is 18.4 Å². The van der Waals surface area contributed by atoms with Crippen molar-refractivity contribution in [1.29, 1.82) is 0 Å². The molecule has 0 aliphatic carbocycles. The predicted octanol–water partition coefficient (Wildman–Crippen LogP) is 2.52. The van der Waals surface area contributed by atoms with Crippen LogP contribution in [-0.4, -0.2) is 38.7 Å². The number of pyridine rings is 1. The summed E-state index contributed by atoms with van der Waals surface area (Å²) < 4.78 is 39.2. The Hall–Kier alpha value is -3.43. The van der Waals surface area contributed by atoms with Gasteiger partial charge in [0.15, 0.2) is 5.82 Å². The maximum Gasteiger partial charge on any atom is 0.433 e. The van der Waals surface area contributed by atoms with E-state index in [-0.39, 0.29) is 12.1 Å². The van der Waals surface area contributed by atoms with Crippen molar-refractivity contribution in [2.24, 2.45) is 0 Å². The van der Waals surface area contributed by atoms with Gasteiger partial charge in [-0.15, -0.1) is 10.2 Å². The predicted molar refractivity (Wildman–Crippen MR) is 91.4 cm³/mol. The number of carbonyl (C=O) groups excluding carboxylic acids is 1. The Kier molecular flexibility index (Phi) is 5.34. The number of nitrogens with one attached hydrogen (secondary N) is 2. The largest absolute Gasteiger partial charge is 0.433 e. The van der Waals surface area contributed by atoms with Gasteiger partial charge in [0, 0.05) is 31.7 Å². The van der Waals surface area contributed by atoms with Crippen LogP contribution < -0.4 is 10.6 Å². The lowest BCUT2D eigenvalue weighted by atomic mass is 10.2. The van der Waals surface area contributed by atoms with Gasteiger partial charge < -0.3 is 15.2 Å². The Labute approximate surface area is 152 Å². The summed E-state index contributed by atoms with van der Waals surface area (Å²) in [5.41, 5.74) is -0.985. The van der Waals surface area contributed by atoms with E-state index in [4.69, 9.17) is 0 Å². The van der Waals surface area contributed by atoms with Crippen molar-refractivity contribution in [3.8, 4) is 5.82 Å². The summed E-state index contributed by atoms with van der Waals surface area (Å²) in [5.74, 6) is 0.706. The Balaban J connectivity index is 1.45. The third-order valence-corrected chi connectivity index (χ3v) is 3.55. The zero-order valence-electron chi connectivity index (χ0n) is 13.9. The summed E-state index contributed by atoms with van der Waals surface area (Å²) in [5, 5.41) is 13.7. The van der Waals surface area contributed by atoms with E-state index in [1.54, 1.807) is 12.1 Å². The molecule has 3 aromatic heterocycles. The number of halogens is 3. The van der Waals surface area contributed by atoms with E-state index in [1.807, 2.05) is 29.1 Å². The van der Waals surface area contributed by atoms with Crippen LogP contribution in [0.2, 0.25) is 0 Å². The van der Waals surface area contributed by atoms with Crippen molar-refractivity contribution in [2.45, 2.75) is 6.18 Å². The molecule has 2 N–H and O–H groups in total. The molecule has 0 aliphatic heterocycles. The van der Waals surface area contributed by atoms with Gasteiger partial charge in [-0.25, -0.2) is 0 Å². The number of carbonyl (C=O) groups is 1. The number of anilines is 1. The van der Waals surface area contributed by atoms with Crippen LogP contribution in [0.25, 0.3) is 5.82 Å². The second-order valence-electron chi connectivity index (χ2n) is 5.48. The molecule has 3 heterocycles. The lowest BCUT2D eigenvalue weighted by Gasteiger charge is -2.09. The minimum absolute atomic E-state index is 0.0545. The molecule has 7 nitrogen and oxygen atoms in total. The third kappa shape index (κ3) is 4.81. The molecule has 0 fully saturated rings. The highest BCUT2D eigenvalue weighted by molar-refractivity contribution is 5.93. The van der Waals surface area contributed by atoms with E-state index in [2.05, 4.69) is 25.8 Å². The molecule has 0 spiro atoms. The van der Waals surface area contributed by atoms with Crippen LogP contribution >= 0.6 is 0 Å². The summed E-state index contributed by atoms with van der Waals surface area (Å²) in [7, 11) is 0. The minimum atomic E-state index is -4.53. The molecule has 0 unspecified atom stereocenters. The Morgan fingerprint density at radius 2 is 1.81 bits per heavy atom. The fraction of sp³-hybridized carbons (Fsp3) is 0.176. The van der Waals surface area contributed by atoms with Crippen molar-refractivity contribution in [1.82, 2.24) is 25.1 Å². The Morgan fingerprint density at radius 3 is 2.41 bits per heavy atom. The van der Waals surface area contributed by atoms with Crippen molar-refractivity contribution in [3.63, 3.8) is 0 Å². The first kappa shape index (κ1) is 18.4. The monoisotopic (exact) mass is 376 g/mol. The van der Waals surface area contributed by atoms with Crippen molar-refractivity contribution < 1.29 is 18.0 Å². The van der Waals surface area contributed by atoms with E-state index in [0.717, 1.165) is 18.3 Å². The van der Waals surface area contributed by atoms with E-state index >= 15 is 0 Å². The zero-order valence-corrected chi connectivity index (χ0v) is 13.9. The standard InChI is InChI=1S/C17H15F3N6O/c18-17(19,20)13-4-3-12(11-23-13)16(27)22-8-7-21-14-5-6-15(25-24-14)26-9-1-2-10-26/h1-6,9-11H,7-8H2,(H,21,24)(H,22,27). The number of aromatic nitrogens is 4. The lowest BCUT2D eigenvalue weighted by molar-refractivity contribution is -0.141. The molecule has 140 valence electrons. The first-order chi connectivity index (χ1) is 12.9. The molecule has 0 atom stereocenters. The fourth-order valence-electron chi connectivity index (χ4n) is 2.21. The van der Waals surface area contributed by atoms with Crippen LogP contribution in [0, 0.1) is 0 Å². The summed E-state index contributed by atoms with van der Waals surface area (Å²) in [6, 6.07) is 9.16. The highest BCUT2D eigenvalue weighted by atomic mass is 19.4. The molecule has 0 bridgehead atoms. The third-order valence-electron chi connectivity index (χ3n) is 3.55. The summed E-state index contributed by atoms with van der Waals surface area (Å²) >= 11 is 0. The number of alkyl halides is 3. The minimum Gasteiger partial charge on any atom is -0.367 e. The lowest BCUT2D eigenvalue weighted by Crippen LogP contribution is -2.29. The maximum absolute atomic E-state index is 12.5. The molecule has 1 amide bonds. The normalized spacial score (nSPS) is 11.2. The molecule has 3 rings (SSSR count). The fourth-order valence-corrected chi connectivity index (χ4v) is 2.21. The average Bonchev–Trinajstić information content (AvgIpc) is 3.20. The van der Waals surface area contributed by atoms with Gasteiger partial charge in [0.25, 0.3) is 5.91 Å². The van der Waals surface area contributed by atoms with Gasteiger partial charge in [-0.1, -0.05) is 0 Å². The van der Waals surface area contributed by atoms with Crippen molar-refractivity contribution in [3.05, 3.63) is 66.2 Å². The first-order valence-electron chi connectivity index (χ1n) is 7.96. The van der Waals surface area contributed by atoms with Crippen LogP contribution in [0.15, 0.2) is 55.0 Å². The topological polar surface area (TPSA) is 84.7 Å². The van der Waals surface area contributed by atoms with Crippen molar-refractivity contribution >= 4 is 11.7 Å².